The second-order valence-electron chi connectivity index (χ2n) is 6.77. The van der Waals surface area contributed by atoms with E-state index in [9.17, 15) is 18.5 Å². The molecule has 0 radical (unpaired) electrons. The first-order valence-electron chi connectivity index (χ1n) is 9.14. The van der Waals surface area contributed by atoms with E-state index in [-0.39, 0.29) is 10.6 Å². The fourth-order valence-electron chi connectivity index (χ4n) is 3.24. The Morgan fingerprint density at radius 1 is 1.14 bits per heavy atom. The molecule has 1 aliphatic rings. The van der Waals surface area contributed by atoms with Crippen molar-refractivity contribution in [1.29, 1.82) is 0 Å². The molecule has 2 aromatic carbocycles. The molecule has 2 aromatic rings. The molecule has 0 unspecified atom stereocenters. The van der Waals surface area contributed by atoms with Crippen LogP contribution >= 0.6 is 0 Å². The summed E-state index contributed by atoms with van der Waals surface area (Å²) >= 11 is 0. The molecule has 9 heteroatoms. The van der Waals surface area contributed by atoms with E-state index in [1.165, 1.54) is 21.3 Å². The van der Waals surface area contributed by atoms with Crippen molar-refractivity contribution in [2.75, 3.05) is 39.3 Å². The Morgan fingerprint density at radius 3 is 2.46 bits per heavy atom. The van der Waals surface area contributed by atoms with E-state index in [0.717, 1.165) is 18.4 Å². The van der Waals surface area contributed by atoms with Gasteiger partial charge in [-0.05, 0) is 24.6 Å². The maximum Gasteiger partial charge on any atom is 0.270 e. The number of sulfonamides is 1. The van der Waals surface area contributed by atoms with E-state index in [2.05, 4.69) is 0 Å². The predicted molar refractivity (Wildman–Crippen MR) is 104 cm³/mol. The third kappa shape index (κ3) is 4.67. The Balaban J connectivity index is 1.58. The van der Waals surface area contributed by atoms with Crippen molar-refractivity contribution >= 4 is 15.7 Å². The number of quaternary nitrogens is 1. The van der Waals surface area contributed by atoms with Crippen molar-refractivity contribution in [2.24, 2.45) is 0 Å². The van der Waals surface area contributed by atoms with Crippen molar-refractivity contribution in [2.45, 2.75) is 11.8 Å². The van der Waals surface area contributed by atoms with Gasteiger partial charge in [0.1, 0.15) is 18.9 Å². The molecule has 0 bridgehead atoms. The number of nitro benzene ring substituents is 1. The highest BCUT2D eigenvalue weighted by atomic mass is 32.2. The number of hydrogen-bond acceptors (Lipinski definition) is 5. The molecule has 1 aliphatic heterocycles. The lowest BCUT2D eigenvalue weighted by Crippen LogP contribution is -3.15. The van der Waals surface area contributed by atoms with Gasteiger partial charge in [0.2, 0.25) is 10.0 Å². The molecule has 150 valence electrons. The molecule has 28 heavy (non-hydrogen) atoms. The smallest absolute Gasteiger partial charge is 0.270 e. The molecule has 1 saturated heterocycles. The number of hydrogen-bond donors (Lipinski definition) is 1. The van der Waals surface area contributed by atoms with Crippen LogP contribution in [0.3, 0.4) is 0 Å². The quantitative estimate of drug-likeness (QED) is 0.544. The first-order valence-corrected chi connectivity index (χ1v) is 10.6. The summed E-state index contributed by atoms with van der Waals surface area (Å²) in [6, 6.07) is 13.5. The molecule has 0 amide bonds. The molecule has 1 N–H and O–H groups in total. The molecule has 0 spiro atoms. The summed E-state index contributed by atoms with van der Waals surface area (Å²) in [6.45, 7) is 5.11. The second kappa shape index (κ2) is 8.68. The van der Waals surface area contributed by atoms with Crippen LogP contribution in [0.25, 0.3) is 0 Å². The summed E-state index contributed by atoms with van der Waals surface area (Å²) in [7, 11) is -3.75. The predicted octanol–water partition coefficient (Wildman–Crippen LogP) is 0.871. The van der Waals surface area contributed by atoms with Gasteiger partial charge in [-0.2, -0.15) is 4.31 Å². The van der Waals surface area contributed by atoms with Crippen LogP contribution < -0.4 is 9.64 Å². The molecule has 0 aromatic heterocycles. The van der Waals surface area contributed by atoms with E-state index in [0.29, 0.717) is 38.3 Å². The number of para-hydroxylation sites is 1. The Bertz CT molecular complexity index is 926. The van der Waals surface area contributed by atoms with E-state index in [1.807, 2.05) is 30.3 Å². The SMILES string of the molecule is Cc1ccc([N+](=O)[O-])cc1S(=O)(=O)N1CC[NH+](CCOc2ccccc2)CC1. The summed E-state index contributed by atoms with van der Waals surface area (Å²) in [5.41, 5.74) is 0.295. The van der Waals surface area contributed by atoms with E-state index >= 15 is 0 Å². The van der Waals surface area contributed by atoms with Crippen LogP contribution in [0.2, 0.25) is 0 Å². The average Bonchev–Trinajstić information content (AvgIpc) is 2.69. The van der Waals surface area contributed by atoms with Gasteiger partial charge in [-0.3, -0.25) is 10.1 Å². The zero-order valence-electron chi connectivity index (χ0n) is 15.7. The van der Waals surface area contributed by atoms with E-state index < -0.39 is 14.9 Å². The number of nitrogens with one attached hydrogen (secondary N) is 1. The molecule has 0 aliphatic carbocycles. The molecule has 1 heterocycles. The van der Waals surface area contributed by atoms with E-state index in [1.54, 1.807) is 6.92 Å². The van der Waals surface area contributed by atoms with Crippen LogP contribution in [0.4, 0.5) is 5.69 Å². The Labute approximate surface area is 164 Å². The van der Waals surface area contributed by atoms with Crippen molar-refractivity contribution in [3.05, 3.63) is 64.2 Å². The first-order chi connectivity index (χ1) is 13.4. The number of benzene rings is 2. The van der Waals surface area contributed by atoms with Crippen LogP contribution in [0.1, 0.15) is 5.56 Å². The molecule has 0 atom stereocenters. The van der Waals surface area contributed by atoms with Gasteiger partial charge in [0.15, 0.2) is 0 Å². The van der Waals surface area contributed by atoms with Gasteiger partial charge in [0.05, 0.1) is 36.0 Å². The molecular formula is C19H24N3O5S+. The van der Waals surface area contributed by atoms with Gasteiger partial charge in [0.25, 0.3) is 5.69 Å². The fourth-order valence-corrected chi connectivity index (χ4v) is 4.93. The normalized spacial score (nSPS) is 16.0. The highest BCUT2D eigenvalue weighted by Gasteiger charge is 2.32. The maximum atomic E-state index is 13.0. The Hall–Kier alpha value is -2.49. The minimum Gasteiger partial charge on any atom is -0.488 e. The van der Waals surface area contributed by atoms with Crippen molar-refractivity contribution in [1.82, 2.24) is 4.31 Å². The topological polar surface area (TPSA) is 94.2 Å². The highest BCUT2D eigenvalue weighted by molar-refractivity contribution is 7.89. The minimum absolute atomic E-state index is 0.0116. The first kappa shape index (κ1) is 20.2. The lowest BCUT2D eigenvalue weighted by molar-refractivity contribution is -0.903. The van der Waals surface area contributed by atoms with E-state index in [4.69, 9.17) is 4.74 Å². The zero-order valence-corrected chi connectivity index (χ0v) is 16.5. The van der Waals surface area contributed by atoms with Crippen molar-refractivity contribution < 1.29 is 23.0 Å². The summed E-state index contributed by atoms with van der Waals surface area (Å²) < 4.78 is 33.0. The third-order valence-corrected chi connectivity index (χ3v) is 6.94. The molecular weight excluding hydrogens is 382 g/mol. The standard InChI is InChI=1S/C19H23N3O5S/c1-16-7-8-17(22(23)24)15-19(16)28(25,26)21-11-9-20(10-12-21)13-14-27-18-5-3-2-4-6-18/h2-8,15H,9-14H2,1H3/p+1. The fraction of sp³-hybridized carbons (Fsp3) is 0.368. The third-order valence-electron chi connectivity index (χ3n) is 4.90. The maximum absolute atomic E-state index is 13.0. The van der Waals surface area contributed by atoms with Crippen LogP contribution in [-0.2, 0) is 10.0 Å². The monoisotopic (exact) mass is 406 g/mol. The number of rotatable bonds is 7. The number of nitrogens with zero attached hydrogens (tertiary/aromatic N) is 2. The number of piperazine rings is 1. The number of non-ortho nitro benzene ring substituents is 1. The Kier molecular flexibility index (Phi) is 6.28. The van der Waals surface area contributed by atoms with Gasteiger partial charge in [-0.25, -0.2) is 8.42 Å². The largest absolute Gasteiger partial charge is 0.488 e. The number of nitro groups is 1. The van der Waals surface area contributed by atoms with Crippen LogP contribution in [0, 0.1) is 17.0 Å². The zero-order chi connectivity index (χ0) is 20.1. The lowest BCUT2D eigenvalue weighted by Gasteiger charge is -2.31. The number of aryl methyl sites for hydroxylation is 1. The highest BCUT2D eigenvalue weighted by Crippen LogP contribution is 2.24. The van der Waals surface area contributed by atoms with Crippen molar-refractivity contribution in [3.63, 3.8) is 0 Å². The molecule has 8 nitrogen and oxygen atoms in total. The molecule has 3 rings (SSSR count). The van der Waals surface area contributed by atoms with Gasteiger partial charge < -0.3 is 9.64 Å². The minimum atomic E-state index is -3.75. The van der Waals surface area contributed by atoms with Crippen LogP contribution in [0.15, 0.2) is 53.4 Å². The van der Waals surface area contributed by atoms with Crippen molar-refractivity contribution in [3.8, 4) is 5.75 Å². The molecule has 1 fully saturated rings. The summed E-state index contributed by atoms with van der Waals surface area (Å²) in [5.74, 6) is 0.823. The van der Waals surface area contributed by atoms with Gasteiger partial charge in [-0.1, -0.05) is 24.3 Å². The average molecular weight is 406 g/mol. The second-order valence-corrected chi connectivity index (χ2v) is 8.68. The number of ether oxygens (including phenoxy) is 1. The lowest BCUT2D eigenvalue weighted by atomic mass is 10.2. The Morgan fingerprint density at radius 2 is 1.82 bits per heavy atom. The van der Waals surface area contributed by atoms with Crippen LogP contribution in [0.5, 0.6) is 5.75 Å². The van der Waals surface area contributed by atoms with Gasteiger partial charge in [0, 0.05) is 12.1 Å². The van der Waals surface area contributed by atoms with Gasteiger partial charge in [-0.15, -0.1) is 0 Å². The van der Waals surface area contributed by atoms with Crippen LogP contribution in [-0.4, -0.2) is 57.0 Å². The summed E-state index contributed by atoms with van der Waals surface area (Å²) in [6.07, 6.45) is 0. The summed E-state index contributed by atoms with van der Waals surface area (Å²) in [4.78, 5) is 11.7. The summed E-state index contributed by atoms with van der Waals surface area (Å²) in [5, 5.41) is 11.0. The molecule has 0 saturated carbocycles. The van der Waals surface area contributed by atoms with Gasteiger partial charge >= 0.3 is 0 Å².